The van der Waals surface area contributed by atoms with Gasteiger partial charge in [0, 0.05) is 11.8 Å². The zero-order valence-corrected chi connectivity index (χ0v) is 11.7. The normalized spacial score (nSPS) is 22.3. The van der Waals surface area contributed by atoms with Gasteiger partial charge >= 0.3 is 0 Å². The summed E-state index contributed by atoms with van der Waals surface area (Å²) in [7, 11) is 0. The average Bonchev–Trinajstić information content (AvgIpc) is 2.79. The first-order valence-electron chi connectivity index (χ1n) is 7.08. The Labute approximate surface area is 114 Å². The van der Waals surface area contributed by atoms with Crippen molar-refractivity contribution in [1.82, 2.24) is 0 Å². The Balaban J connectivity index is 2.10. The van der Waals surface area contributed by atoms with Crippen LogP contribution in [-0.4, -0.2) is 30.5 Å². The lowest BCUT2D eigenvalue weighted by molar-refractivity contribution is 0.172. The van der Waals surface area contributed by atoms with Gasteiger partial charge < -0.3 is 19.9 Å². The highest BCUT2D eigenvalue weighted by Crippen LogP contribution is 2.32. The second-order valence-corrected chi connectivity index (χ2v) is 4.78. The Kier molecular flexibility index (Phi) is 4.91. The van der Waals surface area contributed by atoms with Crippen molar-refractivity contribution in [3.8, 4) is 11.5 Å². The van der Waals surface area contributed by atoms with E-state index in [4.69, 9.17) is 9.47 Å². The molecule has 1 aromatic carbocycles. The van der Waals surface area contributed by atoms with Crippen molar-refractivity contribution in [2.24, 2.45) is 0 Å². The van der Waals surface area contributed by atoms with E-state index in [0.717, 1.165) is 36.4 Å². The summed E-state index contributed by atoms with van der Waals surface area (Å²) in [4.78, 5) is 0. The fourth-order valence-electron chi connectivity index (χ4n) is 2.46. The number of aliphatic hydroxyl groups excluding tert-OH is 1. The van der Waals surface area contributed by atoms with Crippen molar-refractivity contribution in [3.05, 3.63) is 18.2 Å². The molecule has 0 saturated heterocycles. The highest BCUT2D eigenvalue weighted by atomic mass is 16.5. The molecule has 0 aromatic heterocycles. The van der Waals surface area contributed by atoms with Gasteiger partial charge in [-0.2, -0.15) is 0 Å². The standard InChI is InChI=1S/C15H23NO3/c1-3-18-14-9-8-11(10-15(14)19-4-2)16-12-6-5-7-13(12)17/h8-10,12-13,16-17H,3-7H2,1-2H3/t12-,13-/m0/s1. The minimum Gasteiger partial charge on any atom is -0.490 e. The molecule has 0 radical (unpaired) electrons. The van der Waals surface area contributed by atoms with Gasteiger partial charge in [-0.1, -0.05) is 0 Å². The molecule has 4 heteroatoms. The van der Waals surface area contributed by atoms with Crippen LogP contribution in [0.25, 0.3) is 0 Å². The first-order chi connectivity index (χ1) is 9.24. The van der Waals surface area contributed by atoms with Gasteiger partial charge in [-0.3, -0.25) is 0 Å². The Morgan fingerprint density at radius 3 is 2.53 bits per heavy atom. The zero-order valence-electron chi connectivity index (χ0n) is 11.7. The van der Waals surface area contributed by atoms with Gasteiger partial charge in [-0.05, 0) is 45.2 Å². The molecule has 0 heterocycles. The molecular formula is C15H23NO3. The fraction of sp³-hybridized carbons (Fsp3) is 0.600. The van der Waals surface area contributed by atoms with E-state index in [2.05, 4.69) is 5.32 Å². The molecule has 1 aliphatic carbocycles. The Bertz CT molecular complexity index is 408. The lowest BCUT2D eigenvalue weighted by Gasteiger charge is -2.19. The first-order valence-corrected chi connectivity index (χ1v) is 7.08. The van der Waals surface area contributed by atoms with Crippen LogP contribution in [0.2, 0.25) is 0 Å². The molecule has 1 fully saturated rings. The summed E-state index contributed by atoms with van der Waals surface area (Å²) in [6.45, 7) is 5.14. The van der Waals surface area contributed by atoms with Crippen LogP contribution in [0.15, 0.2) is 18.2 Å². The van der Waals surface area contributed by atoms with Gasteiger partial charge in [0.1, 0.15) is 0 Å². The molecule has 4 nitrogen and oxygen atoms in total. The summed E-state index contributed by atoms with van der Waals surface area (Å²) in [5.74, 6) is 1.52. The van der Waals surface area contributed by atoms with E-state index < -0.39 is 0 Å². The maximum Gasteiger partial charge on any atom is 0.163 e. The van der Waals surface area contributed by atoms with Crippen molar-refractivity contribution in [2.45, 2.75) is 45.3 Å². The second kappa shape index (κ2) is 6.66. The first kappa shape index (κ1) is 14.0. The maximum absolute atomic E-state index is 9.84. The number of aliphatic hydroxyl groups is 1. The molecule has 1 aromatic rings. The smallest absolute Gasteiger partial charge is 0.163 e. The van der Waals surface area contributed by atoms with Gasteiger partial charge in [-0.25, -0.2) is 0 Å². The van der Waals surface area contributed by atoms with Crippen molar-refractivity contribution < 1.29 is 14.6 Å². The number of ether oxygens (including phenoxy) is 2. The molecule has 106 valence electrons. The van der Waals surface area contributed by atoms with E-state index >= 15 is 0 Å². The molecule has 0 aliphatic heterocycles. The molecule has 0 spiro atoms. The third-order valence-electron chi connectivity index (χ3n) is 3.37. The molecule has 2 atom stereocenters. The van der Waals surface area contributed by atoms with E-state index in [9.17, 15) is 5.11 Å². The Morgan fingerprint density at radius 2 is 1.89 bits per heavy atom. The van der Waals surface area contributed by atoms with E-state index in [1.54, 1.807) is 0 Å². The lowest BCUT2D eigenvalue weighted by Crippen LogP contribution is -2.27. The monoisotopic (exact) mass is 265 g/mol. The van der Waals surface area contributed by atoms with Gasteiger partial charge in [0.25, 0.3) is 0 Å². The predicted octanol–water partition coefficient (Wildman–Crippen LogP) is 2.81. The average molecular weight is 265 g/mol. The summed E-state index contributed by atoms with van der Waals surface area (Å²) in [5, 5.41) is 13.2. The molecule has 1 aliphatic rings. The van der Waals surface area contributed by atoms with Gasteiger partial charge in [-0.15, -0.1) is 0 Å². The van der Waals surface area contributed by atoms with Crippen molar-refractivity contribution >= 4 is 5.69 Å². The lowest BCUT2D eigenvalue weighted by atomic mass is 10.2. The molecule has 0 unspecified atom stereocenters. The Hall–Kier alpha value is -1.42. The predicted molar refractivity (Wildman–Crippen MR) is 76.0 cm³/mol. The largest absolute Gasteiger partial charge is 0.490 e. The van der Waals surface area contributed by atoms with Crippen LogP contribution in [0, 0.1) is 0 Å². The van der Waals surface area contributed by atoms with E-state index in [1.807, 2.05) is 32.0 Å². The number of anilines is 1. The highest BCUT2D eigenvalue weighted by molar-refractivity contribution is 5.55. The van der Waals surface area contributed by atoms with Crippen LogP contribution >= 0.6 is 0 Å². The van der Waals surface area contributed by atoms with Crippen LogP contribution in [0.1, 0.15) is 33.1 Å². The van der Waals surface area contributed by atoms with Crippen LogP contribution < -0.4 is 14.8 Å². The van der Waals surface area contributed by atoms with Crippen LogP contribution in [-0.2, 0) is 0 Å². The summed E-state index contributed by atoms with van der Waals surface area (Å²) in [6.07, 6.45) is 2.72. The molecule has 2 N–H and O–H groups in total. The number of rotatable bonds is 6. The van der Waals surface area contributed by atoms with Crippen LogP contribution in [0.5, 0.6) is 11.5 Å². The SMILES string of the molecule is CCOc1ccc(N[C@H]2CCC[C@@H]2O)cc1OCC. The number of benzene rings is 1. The summed E-state index contributed by atoms with van der Waals surface area (Å²) in [6, 6.07) is 5.98. The highest BCUT2D eigenvalue weighted by Gasteiger charge is 2.25. The van der Waals surface area contributed by atoms with Crippen LogP contribution in [0.4, 0.5) is 5.69 Å². The summed E-state index contributed by atoms with van der Waals surface area (Å²) in [5.41, 5.74) is 0.970. The zero-order chi connectivity index (χ0) is 13.7. The minimum atomic E-state index is -0.248. The number of hydrogen-bond donors (Lipinski definition) is 2. The summed E-state index contributed by atoms with van der Waals surface area (Å²) < 4.78 is 11.1. The van der Waals surface area contributed by atoms with Crippen molar-refractivity contribution in [1.29, 1.82) is 0 Å². The molecule has 2 rings (SSSR count). The second-order valence-electron chi connectivity index (χ2n) is 4.78. The molecule has 19 heavy (non-hydrogen) atoms. The maximum atomic E-state index is 9.84. The minimum absolute atomic E-state index is 0.146. The quantitative estimate of drug-likeness (QED) is 0.830. The van der Waals surface area contributed by atoms with Gasteiger partial charge in [0.15, 0.2) is 11.5 Å². The summed E-state index contributed by atoms with van der Waals surface area (Å²) >= 11 is 0. The fourth-order valence-corrected chi connectivity index (χ4v) is 2.46. The molecular weight excluding hydrogens is 242 g/mol. The van der Waals surface area contributed by atoms with Crippen LogP contribution in [0.3, 0.4) is 0 Å². The van der Waals surface area contributed by atoms with Crippen molar-refractivity contribution in [2.75, 3.05) is 18.5 Å². The van der Waals surface area contributed by atoms with E-state index in [-0.39, 0.29) is 12.1 Å². The third-order valence-corrected chi connectivity index (χ3v) is 3.37. The van der Waals surface area contributed by atoms with Gasteiger partial charge in [0.2, 0.25) is 0 Å². The number of nitrogens with one attached hydrogen (secondary N) is 1. The van der Waals surface area contributed by atoms with Crippen molar-refractivity contribution in [3.63, 3.8) is 0 Å². The topological polar surface area (TPSA) is 50.7 Å². The Morgan fingerprint density at radius 1 is 1.16 bits per heavy atom. The van der Waals surface area contributed by atoms with E-state index in [1.165, 1.54) is 0 Å². The van der Waals surface area contributed by atoms with E-state index in [0.29, 0.717) is 13.2 Å². The molecule has 0 amide bonds. The molecule has 1 saturated carbocycles. The third kappa shape index (κ3) is 3.53. The van der Waals surface area contributed by atoms with Gasteiger partial charge in [0.05, 0.1) is 25.4 Å². The number of hydrogen-bond acceptors (Lipinski definition) is 4. The molecule has 0 bridgehead atoms.